The lowest BCUT2D eigenvalue weighted by Gasteiger charge is -2.35. The molecule has 3 aromatic rings. The molecule has 0 radical (unpaired) electrons. The highest BCUT2D eigenvalue weighted by molar-refractivity contribution is 6.14. The van der Waals surface area contributed by atoms with E-state index < -0.39 is 22.1 Å². The minimum Gasteiger partial charge on any atom is -0.508 e. The number of ketones is 3. The summed E-state index contributed by atoms with van der Waals surface area (Å²) in [6.45, 7) is 11.5. The Balaban J connectivity index is 0.000000157. The molecule has 3 fully saturated rings. The molecule has 2 unspecified atom stereocenters. The van der Waals surface area contributed by atoms with Crippen LogP contribution in [0.25, 0.3) is 0 Å². The second-order valence-corrected chi connectivity index (χ2v) is 21.0. The van der Waals surface area contributed by atoms with Crippen molar-refractivity contribution in [1.82, 2.24) is 15.0 Å². The van der Waals surface area contributed by atoms with Gasteiger partial charge in [0.15, 0.2) is 17.3 Å². The van der Waals surface area contributed by atoms with Crippen LogP contribution in [0, 0.1) is 39.8 Å². The number of aromatic hydroxyl groups is 1. The fraction of sp³-hybridized carbons (Fsp3) is 0.526. The molecule has 0 spiro atoms. The van der Waals surface area contributed by atoms with Gasteiger partial charge in [-0.25, -0.2) is 19.4 Å². The van der Waals surface area contributed by atoms with E-state index in [1.807, 2.05) is 59.7 Å². The van der Waals surface area contributed by atoms with Crippen molar-refractivity contribution in [2.24, 2.45) is 49.3 Å². The third-order valence-electron chi connectivity index (χ3n) is 16.7. The summed E-state index contributed by atoms with van der Waals surface area (Å²) in [4.78, 5) is 76.1. The van der Waals surface area contributed by atoms with Crippen LogP contribution in [0.1, 0.15) is 169 Å². The van der Waals surface area contributed by atoms with Gasteiger partial charge in [0.25, 0.3) is 17.7 Å². The summed E-state index contributed by atoms with van der Waals surface area (Å²) in [5.41, 5.74) is 2.01. The number of hydrogen-bond donors (Lipinski definition) is 1. The predicted molar refractivity (Wildman–Crippen MR) is 272 cm³/mol. The predicted octanol–water partition coefficient (Wildman–Crippen LogP) is 10.9. The van der Waals surface area contributed by atoms with E-state index in [0.29, 0.717) is 23.0 Å². The molecular formula is C57H71FN6O7. The first-order chi connectivity index (χ1) is 33.9. The highest BCUT2D eigenvalue weighted by Crippen LogP contribution is 2.46. The number of hydrazone groups is 3. The van der Waals surface area contributed by atoms with Gasteiger partial charge in [-0.2, -0.15) is 15.3 Å². The Hall–Kier alpha value is -6.18. The summed E-state index contributed by atoms with van der Waals surface area (Å²) in [6.07, 6.45) is 17.0. The lowest BCUT2D eigenvalue weighted by molar-refractivity contribution is -0.138. The normalized spacial score (nSPS) is 25.2. The standard InChI is InChI=1S/C19H23FN2O2.C19H24N2O3.C19H24N2O2/c1-13-19(2,15-8-4-3-5-9-15)18(24)22(21-13)12-17(23)14-7-6-10-16(20)11-14;1-13-19(2,15-8-4-3-5-9-15)18(24)21(20-13)12-17(23)14-7-6-10-16(22)11-14;1-14-19(2,16-11-7-4-8-12-16)18(23)21(20-14)13-17(22)15-9-5-3-6-10-15/h6-7,10-11,15H,3-5,8-9,12H2,1-2H3;6-7,10-11,15,22H,3-5,8-9,12H2,1-2H3;3,5-6,9-10,16H,4,7-8,11-13H2,1-2H3/t;;19-/m..0/s1. The van der Waals surface area contributed by atoms with Gasteiger partial charge < -0.3 is 5.11 Å². The molecule has 71 heavy (non-hydrogen) atoms. The Bertz CT molecular complexity index is 2460. The molecule has 3 amide bonds. The molecule has 14 heteroatoms. The Morgan fingerprint density at radius 1 is 0.493 bits per heavy atom. The molecule has 378 valence electrons. The molecular weight excluding hydrogens is 900 g/mol. The lowest BCUT2D eigenvalue weighted by Crippen LogP contribution is -2.44. The van der Waals surface area contributed by atoms with Crippen LogP contribution in [-0.4, -0.2) is 92.0 Å². The second kappa shape index (κ2) is 22.5. The maximum Gasteiger partial charge on any atom is 0.255 e. The maximum atomic E-state index is 13.3. The third kappa shape index (κ3) is 11.2. The SMILES string of the molecule is CC1=NN(CC(=O)c2cccc(F)c2)C(=O)C1(C)C1CCCCC1.CC1=NN(CC(=O)c2cccc(O)c2)C(=O)C1(C)C1CCCCC1.CC1=NN(CC(=O)c2ccccc2)C(=O)[C@]1(C)C1CCCCC1. The summed E-state index contributed by atoms with van der Waals surface area (Å²) in [5.74, 6) is -0.229. The molecule has 1 N–H and O–H groups in total. The minimum atomic E-state index is -0.608. The highest BCUT2D eigenvalue weighted by Gasteiger charge is 2.53. The second-order valence-electron chi connectivity index (χ2n) is 21.0. The number of carbonyl (C=O) groups excluding carboxylic acids is 6. The molecule has 0 saturated heterocycles. The van der Waals surface area contributed by atoms with Gasteiger partial charge in [0, 0.05) is 16.7 Å². The van der Waals surface area contributed by atoms with Crippen molar-refractivity contribution in [3.8, 4) is 5.75 Å². The Kier molecular flexibility index (Phi) is 16.7. The molecule has 9 rings (SSSR count). The molecule has 6 aliphatic rings. The molecule has 3 saturated carbocycles. The van der Waals surface area contributed by atoms with Crippen molar-refractivity contribution in [1.29, 1.82) is 0 Å². The van der Waals surface area contributed by atoms with Gasteiger partial charge >= 0.3 is 0 Å². The molecule has 3 heterocycles. The van der Waals surface area contributed by atoms with E-state index in [1.165, 1.54) is 77.5 Å². The smallest absolute Gasteiger partial charge is 0.255 e. The zero-order valence-corrected chi connectivity index (χ0v) is 42.4. The van der Waals surface area contributed by atoms with Gasteiger partial charge in [-0.1, -0.05) is 112 Å². The molecule has 3 atom stereocenters. The van der Waals surface area contributed by atoms with E-state index in [9.17, 15) is 38.3 Å². The molecule has 13 nitrogen and oxygen atoms in total. The summed E-state index contributed by atoms with van der Waals surface area (Å²) < 4.78 is 13.3. The average molecular weight is 971 g/mol. The molecule has 3 aromatic carbocycles. The maximum absolute atomic E-state index is 13.3. The Morgan fingerprint density at radius 2 is 0.817 bits per heavy atom. The number of Topliss-reactive ketones (excluding diaryl/α,β-unsaturated/α-hetero) is 3. The van der Waals surface area contributed by atoms with E-state index in [2.05, 4.69) is 15.3 Å². The van der Waals surface area contributed by atoms with Crippen LogP contribution in [0.2, 0.25) is 0 Å². The summed E-state index contributed by atoms with van der Waals surface area (Å²) in [7, 11) is 0. The quantitative estimate of drug-likeness (QED) is 0.176. The number of rotatable bonds is 12. The average Bonchev–Trinajstić information content (AvgIpc) is 3.85. The lowest BCUT2D eigenvalue weighted by atomic mass is 9.67. The van der Waals surface area contributed by atoms with Gasteiger partial charge in [0.2, 0.25) is 0 Å². The van der Waals surface area contributed by atoms with Crippen LogP contribution in [0.4, 0.5) is 4.39 Å². The van der Waals surface area contributed by atoms with Crippen molar-refractivity contribution in [3.05, 3.63) is 101 Å². The van der Waals surface area contributed by atoms with Crippen molar-refractivity contribution >= 4 is 52.2 Å². The van der Waals surface area contributed by atoms with E-state index in [-0.39, 0.29) is 71.9 Å². The molecule has 3 aliphatic heterocycles. The third-order valence-corrected chi connectivity index (χ3v) is 16.7. The Morgan fingerprint density at radius 3 is 1.17 bits per heavy atom. The van der Waals surface area contributed by atoms with Crippen molar-refractivity contribution in [2.45, 2.75) is 138 Å². The van der Waals surface area contributed by atoms with Gasteiger partial charge in [-0.3, -0.25) is 28.8 Å². The van der Waals surface area contributed by atoms with Crippen LogP contribution in [0.15, 0.2) is 94.2 Å². The largest absolute Gasteiger partial charge is 0.508 e. The molecule has 0 bridgehead atoms. The number of carbonyl (C=O) groups is 6. The van der Waals surface area contributed by atoms with Gasteiger partial charge in [-0.15, -0.1) is 0 Å². The summed E-state index contributed by atoms with van der Waals surface area (Å²) >= 11 is 0. The van der Waals surface area contributed by atoms with Crippen LogP contribution in [0.5, 0.6) is 5.75 Å². The molecule has 0 aromatic heterocycles. The van der Waals surface area contributed by atoms with E-state index in [0.717, 1.165) is 81.3 Å². The summed E-state index contributed by atoms with van der Waals surface area (Å²) in [5, 5.41) is 26.7. The first-order valence-corrected chi connectivity index (χ1v) is 25.7. The number of nitrogens with zero attached hydrogens (tertiary/aromatic N) is 6. The van der Waals surface area contributed by atoms with Crippen molar-refractivity contribution in [2.75, 3.05) is 19.6 Å². The monoisotopic (exact) mass is 971 g/mol. The number of amides is 3. The van der Waals surface area contributed by atoms with Gasteiger partial charge in [-0.05, 0) is 122 Å². The fourth-order valence-electron chi connectivity index (χ4n) is 11.7. The Labute approximate surface area is 418 Å². The number of benzene rings is 3. The van der Waals surface area contributed by atoms with E-state index in [4.69, 9.17) is 0 Å². The van der Waals surface area contributed by atoms with Crippen LogP contribution in [0.3, 0.4) is 0 Å². The van der Waals surface area contributed by atoms with Crippen LogP contribution in [-0.2, 0) is 14.4 Å². The number of phenolic OH excluding ortho intramolecular Hbond substituents is 1. The molecule has 3 aliphatic carbocycles. The van der Waals surface area contributed by atoms with E-state index in [1.54, 1.807) is 30.3 Å². The zero-order valence-electron chi connectivity index (χ0n) is 42.4. The zero-order chi connectivity index (χ0) is 51.1. The first kappa shape index (κ1) is 52.6. The number of phenols is 1. The van der Waals surface area contributed by atoms with E-state index >= 15 is 0 Å². The number of hydrogen-bond acceptors (Lipinski definition) is 10. The fourth-order valence-corrected chi connectivity index (χ4v) is 11.7. The van der Waals surface area contributed by atoms with Crippen LogP contribution >= 0.6 is 0 Å². The van der Waals surface area contributed by atoms with Crippen molar-refractivity contribution in [3.63, 3.8) is 0 Å². The topological polar surface area (TPSA) is 169 Å². The first-order valence-electron chi connectivity index (χ1n) is 25.7. The van der Waals surface area contributed by atoms with Gasteiger partial charge in [0.1, 0.15) is 31.2 Å². The van der Waals surface area contributed by atoms with Crippen molar-refractivity contribution < 1.29 is 38.3 Å². The minimum absolute atomic E-state index is 0.00817. The highest BCUT2D eigenvalue weighted by atomic mass is 19.1. The van der Waals surface area contributed by atoms with Gasteiger partial charge in [0.05, 0.1) is 33.4 Å². The summed E-state index contributed by atoms with van der Waals surface area (Å²) in [6, 6.07) is 20.8. The number of halogens is 1. The van der Waals surface area contributed by atoms with Crippen LogP contribution < -0.4 is 0 Å².